The van der Waals surface area contributed by atoms with Crippen LogP contribution in [0.3, 0.4) is 0 Å². The standard InChI is InChI=1S/C14H17NO2S/c1-2-7-18-14-6-4-11(9-15-14)10-3-5-12(16)13(17)8-10/h3-6,8,11,16-17H,2,7,9H2,1H3. The first-order valence-corrected chi connectivity index (χ1v) is 7.06. The molecule has 4 heteroatoms. The number of thioether (sulfide) groups is 1. The van der Waals surface area contributed by atoms with Crippen LogP contribution in [0.1, 0.15) is 24.8 Å². The predicted molar refractivity (Wildman–Crippen MR) is 76.7 cm³/mol. The van der Waals surface area contributed by atoms with Gasteiger partial charge >= 0.3 is 0 Å². The Balaban J connectivity index is 2.03. The van der Waals surface area contributed by atoms with Gasteiger partial charge in [0.15, 0.2) is 11.5 Å². The number of phenols is 2. The maximum atomic E-state index is 9.48. The lowest BCUT2D eigenvalue weighted by Gasteiger charge is -2.16. The third-order valence-electron chi connectivity index (χ3n) is 2.80. The van der Waals surface area contributed by atoms with Crippen molar-refractivity contribution in [2.45, 2.75) is 19.3 Å². The summed E-state index contributed by atoms with van der Waals surface area (Å²) in [5, 5.41) is 19.8. The Morgan fingerprint density at radius 1 is 1.33 bits per heavy atom. The van der Waals surface area contributed by atoms with Crippen molar-refractivity contribution in [3.8, 4) is 11.5 Å². The van der Waals surface area contributed by atoms with Crippen molar-refractivity contribution in [1.29, 1.82) is 0 Å². The van der Waals surface area contributed by atoms with Gasteiger partial charge in [-0.3, -0.25) is 4.99 Å². The van der Waals surface area contributed by atoms with E-state index in [1.165, 1.54) is 6.07 Å². The van der Waals surface area contributed by atoms with Gasteiger partial charge in [-0.05, 0) is 35.9 Å². The highest BCUT2D eigenvalue weighted by Crippen LogP contribution is 2.30. The van der Waals surface area contributed by atoms with Gasteiger partial charge in [0.05, 0.1) is 11.6 Å². The van der Waals surface area contributed by atoms with Gasteiger partial charge in [-0.15, -0.1) is 11.8 Å². The van der Waals surface area contributed by atoms with E-state index in [2.05, 4.69) is 18.0 Å². The minimum atomic E-state index is -0.0822. The summed E-state index contributed by atoms with van der Waals surface area (Å²) in [6, 6.07) is 4.94. The van der Waals surface area contributed by atoms with Crippen molar-refractivity contribution in [3.63, 3.8) is 0 Å². The van der Waals surface area contributed by atoms with Crippen molar-refractivity contribution < 1.29 is 10.2 Å². The Hall–Kier alpha value is -1.42. The molecule has 2 N–H and O–H groups in total. The molecule has 0 aromatic heterocycles. The molecule has 1 atom stereocenters. The zero-order chi connectivity index (χ0) is 13.0. The topological polar surface area (TPSA) is 52.8 Å². The van der Waals surface area contributed by atoms with Gasteiger partial charge in [-0.2, -0.15) is 0 Å². The van der Waals surface area contributed by atoms with Crippen molar-refractivity contribution >= 4 is 16.8 Å². The lowest BCUT2D eigenvalue weighted by Crippen LogP contribution is -2.07. The SMILES string of the molecule is CCCSC1=NCC(c2ccc(O)c(O)c2)C=C1. The third-order valence-corrected chi connectivity index (χ3v) is 3.97. The van der Waals surface area contributed by atoms with E-state index in [9.17, 15) is 10.2 Å². The lowest BCUT2D eigenvalue weighted by atomic mass is 9.97. The minimum Gasteiger partial charge on any atom is -0.504 e. The normalized spacial score (nSPS) is 18.7. The largest absolute Gasteiger partial charge is 0.504 e. The van der Waals surface area contributed by atoms with Crippen LogP contribution in [0.5, 0.6) is 11.5 Å². The zero-order valence-electron chi connectivity index (χ0n) is 10.3. The van der Waals surface area contributed by atoms with Crippen LogP contribution >= 0.6 is 11.8 Å². The van der Waals surface area contributed by atoms with Gasteiger partial charge in [0.2, 0.25) is 0 Å². The first kappa shape index (κ1) is 13.0. The van der Waals surface area contributed by atoms with Gasteiger partial charge in [0.25, 0.3) is 0 Å². The Labute approximate surface area is 111 Å². The monoisotopic (exact) mass is 263 g/mol. The molecule has 1 aromatic rings. The highest BCUT2D eigenvalue weighted by atomic mass is 32.2. The van der Waals surface area contributed by atoms with Crippen molar-refractivity contribution in [2.24, 2.45) is 4.99 Å². The van der Waals surface area contributed by atoms with Crippen LogP contribution in [-0.4, -0.2) is 27.6 Å². The van der Waals surface area contributed by atoms with Gasteiger partial charge in [-0.1, -0.05) is 19.1 Å². The summed E-state index contributed by atoms with van der Waals surface area (Å²) in [4.78, 5) is 4.53. The van der Waals surface area contributed by atoms with E-state index in [1.54, 1.807) is 17.8 Å². The molecule has 1 unspecified atom stereocenters. The number of benzene rings is 1. The van der Waals surface area contributed by atoms with E-state index in [0.717, 1.165) is 22.8 Å². The van der Waals surface area contributed by atoms with Crippen LogP contribution in [0.25, 0.3) is 0 Å². The molecule has 0 bridgehead atoms. The first-order chi connectivity index (χ1) is 8.70. The maximum absolute atomic E-state index is 9.48. The summed E-state index contributed by atoms with van der Waals surface area (Å²) in [6.45, 7) is 2.86. The highest BCUT2D eigenvalue weighted by molar-refractivity contribution is 8.14. The molecule has 3 nitrogen and oxygen atoms in total. The fraction of sp³-hybridized carbons (Fsp3) is 0.357. The van der Waals surface area contributed by atoms with E-state index in [1.807, 2.05) is 12.1 Å². The minimum absolute atomic E-state index is 0.0731. The molecule has 0 saturated heterocycles. The molecule has 0 radical (unpaired) electrons. The molecule has 1 aliphatic rings. The zero-order valence-corrected chi connectivity index (χ0v) is 11.2. The van der Waals surface area contributed by atoms with Gasteiger partial charge in [0.1, 0.15) is 0 Å². The summed E-state index contributed by atoms with van der Waals surface area (Å²) in [5.74, 6) is 1.12. The average molecular weight is 263 g/mol. The molecule has 1 aromatic carbocycles. The maximum Gasteiger partial charge on any atom is 0.157 e. The number of hydrogen-bond donors (Lipinski definition) is 2. The lowest BCUT2D eigenvalue weighted by molar-refractivity contribution is 0.403. The Morgan fingerprint density at radius 2 is 2.17 bits per heavy atom. The van der Waals surface area contributed by atoms with Gasteiger partial charge < -0.3 is 10.2 Å². The highest BCUT2D eigenvalue weighted by Gasteiger charge is 2.13. The van der Waals surface area contributed by atoms with E-state index in [4.69, 9.17) is 0 Å². The molecule has 2 rings (SSSR count). The molecule has 0 fully saturated rings. The number of aliphatic imine (C=N–C) groups is 1. The van der Waals surface area contributed by atoms with Crippen LogP contribution in [0.15, 0.2) is 35.3 Å². The van der Waals surface area contributed by atoms with Crippen LogP contribution in [0.2, 0.25) is 0 Å². The third kappa shape index (κ3) is 3.07. The molecule has 0 aliphatic carbocycles. The number of dihydropyridines is 1. The van der Waals surface area contributed by atoms with Crippen molar-refractivity contribution in [3.05, 3.63) is 35.9 Å². The molecule has 1 aliphatic heterocycles. The molecule has 0 spiro atoms. The second kappa shape index (κ2) is 5.96. The van der Waals surface area contributed by atoms with Gasteiger partial charge in [-0.25, -0.2) is 0 Å². The Kier molecular flexibility index (Phi) is 4.31. The van der Waals surface area contributed by atoms with E-state index in [-0.39, 0.29) is 17.4 Å². The summed E-state index contributed by atoms with van der Waals surface area (Å²) in [7, 11) is 0. The first-order valence-electron chi connectivity index (χ1n) is 6.08. The molecular formula is C14H17NO2S. The number of nitrogens with zero attached hydrogens (tertiary/aromatic N) is 1. The fourth-order valence-corrected chi connectivity index (χ4v) is 2.54. The number of rotatable bonds is 3. The van der Waals surface area contributed by atoms with Crippen molar-refractivity contribution in [2.75, 3.05) is 12.3 Å². The quantitative estimate of drug-likeness (QED) is 0.823. The molecule has 96 valence electrons. The Morgan fingerprint density at radius 3 is 2.78 bits per heavy atom. The number of aromatic hydroxyl groups is 2. The van der Waals surface area contributed by atoms with E-state index >= 15 is 0 Å². The molecule has 0 amide bonds. The summed E-state index contributed by atoms with van der Waals surface area (Å²) < 4.78 is 0. The van der Waals surface area contributed by atoms with Crippen LogP contribution in [0.4, 0.5) is 0 Å². The van der Waals surface area contributed by atoms with Gasteiger partial charge in [0, 0.05) is 5.92 Å². The number of hydrogen-bond acceptors (Lipinski definition) is 4. The van der Waals surface area contributed by atoms with E-state index in [0.29, 0.717) is 6.54 Å². The van der Waals surface area contributed by atoms with Crippen molar-refractivity contribution in [1.82, 2.24) is 0 Å². The number of phenolic OH excluding ortho intramolecular Hbond substituents is 2. The van der Waals surface area contributed by atoms with Crippen LogP contribution < -0.4 is 0 Å². The Bertz CT molecular complexity index is 483. The van der Waals surface area contributed by atoms with Crippen LogP contribution in [-0.2, 0) is 0 Å². The second-order valence-electron chi connectivity index (χ2n) is 4.24. The second-order valence-corrected chi connectivity index (χ2v) is 5.36. The predicted octanol–water partition coefficient (Wildman–Crippen LogP) is 3.29. The van der Waals surface area contributed by atoms with E-state index < -0.39 is 0 Å². The summed E-state index contributed by atoms with van der Waals surface area (Å²) in [5.41, 5.74) is 0.977. The van der Waals surface area contributed by atoms with Crippen LogP contribution in [0, 0.1) is 0 Å². The molecular weight excluding hydrogens is 246 g/mol. The summed E-state index contributed by atoms with van der Waals surface area (Å²) >= 11 is 1.77. The molecule has 1 heterocycles. The average Bonchev–Trinajstić information content (AvgIpc) is 2.40. The smallest absolute Gasteiger partial charge is 0.157 e. The summed E-state index contributed by atoms with van der Waals surface area (Å²) in [6.07, 6.45) is 5.29. The molecule has 18 heavy (non-hydrogen) atoms. The molecule has 0 saturated carbocycles. The fourth-order valence-electron chi connectivity index (χ4n) is 1.79.